The van der Waals surface area contributed by atoms with Gasteiger partial charge in [0.25, 0.3) is 0 Å². The summed E-state index contributed by atoms with van der Waals surface area (Å²) in [5.74, 6) is 1.62. The lowest BCUT2D eigenvalue weighted by Gasteiger charge is -2.31. The largest absolute Gasteiger partial charge is 0.456 e. The molecule has 0 atom stereocenters. The lowest BCUT2D eigenvalue weighted by Crippen LogP contribution is -2.13. The first kappa shape index (κ1) is 35.6. The summed E-state index contributed by atoms with van der Waals surface area (Å²) in [6, 6.07) is 81.3. The van der Waals surface area contributed by atoms with Gasteiger partial charge in [-0.1, -0.05) is 164 Å². The van der Waals surface area contributed by atoms with Gasteiger partial charge < -0.3 is 19.0 Å². The van der Waals surface area contributed by atoms with E-state index in [-0.39, 0.29) is 0 Å². The molecule has 0 saturated carbocycles. The van der Waals surface area contributed by atoms with E-state index in [1.54, 1.807) is 0 Å². The zero-order valence-corrected chi connectivity index (χ0v) is 33.7. The van der Waals surface area contributed by atoms with Crippen molar-refractivity contribution < 1.29 is 9.15 Å². The molecule has 62 heavy (non-hydrogen) atoms. The summed E-state index contributed by atoms with van der Waals surface area (Å²) < 4.78 is 13.7. The quantitative estimate of drug-likeness (QED) is 0.153. The molecule has 0 N–H and O–H groups in total. The number of benzene rings is 10. The molecule has 1 aromatic heterocycles. The summed E-state index contributed by atoms with van der Waals surface area (Å²) in [5, 5.41) is 4.35. The van der Waals surface area contributed by atoms with E-state index in [9.17, 15) is 0 Å². The average molecular weight is 795 g/mol. The highest BCUT2D eigenvalue weighted by molar-refractivity contribution is 6.13. The van der Waals surface area contributed by atoms with Crippen LogP contribution in [0.15, 0.2) is 235 Å². The molecule has 0 bridgehead atoms. The normalized spacial score (nSPS) is 11.7. The Bertz CT molecular complexity index is 3450. The molecular formula is C58H38N2O2. The molecule has 0 amide bonds. The number of rotatable bonds is 8. The van der Waals surface area contributed by atoms with Crippen LogP contribution in [0.1, 0.15) is 0 Å². The van der Waals surface area contributed by atoms with Gasteiger partial charge in [0, 0.05) is 50.0 Å². The third-order valence-electron chi connectivity index (χ3n) is 12.1. The van der Waals surface area contributed by atoms with Crippen molar-refractivity contribution in [1.29, 1.82) is 0 Å². The van der Waals surface area contributed by atoms with E-state index in [1.165, 1.54) is 0 Å². The van der Waals surface area contributed by atoms with Gasteiger partial charge in [-0.05, 0) is 77.4 Å². The highest BCUT2D eigenvalue weighted by atomic mass is 16.5. The maximum absolute atomic E-state index is 7.03. The summed E-state index contributed by atoms with van der Waals surface area (Å²) in [6.45, 7) is 0. The second-order valence-electron chi connectivity index (χ2n) is 15.6. The zero-order valence-electron chi connectivity index (χ0n) is 33.7. The van der Waals surface area contributed by atoms with E-state index in [1.807, 2.05) is 12.1 Å². The van der Waals surface area contributed by atoms with Gasteiger partial charge in [-0.3, -0.25) is 0 Å². The van der Waals surface area contributed by atoms with Crippen LogP contribution in [-0.4, -0.2) is 0 Å². The van der Waals surface area contributed by atoms with E-state index < -0.39 is 0 Å². The summed E-state index contributed by atoms with van der Waals surface area (Å²) in [6.07, 6.45) is 0. The molecular weight excluding hydrogens is 757 g/mol. The molecule has 0 radical (unpaired) electrons. The Balaban J connectivity index is 1.04. The van der Waals surface area contributed by atoms with Crippen LogP contribution < -0.4 is 14.5 Å². The SMILES string of the molecule is c1ccc(-c2ccccc2N(c2ccccc2)c2ccc3c4c(cccc24)Oc2cc(N(c4ccccc4-c4ccccc4)c4cccc5c4oc4ccccc45)ccc2-3)cc1. The first-order chi connectivity index (χ1) is 30.8. The van der Waals surface area contributed by atoms with Crippen LogP contribution in [0.3, 0.4) is 0 Å². The van der Waals surface area contributed by atoms with Gasteiger partial charge in [0.15, 0.2) is 5.58 Å². The third kappa shape index (κ3) is 5.84. The van der Waals surface area contributed by atoms with Crippen LogP contribution in [0.4, 0.5) is 34.1 Å². The van der Waals surface area contributed by atoms with Crippen LogP contribution in [0.5, 0.6) is 11.5 Å². The second-order valence-corrected chi connectivity index (χ2v) is 15.6. The van der Waals surface area contributed by atoms with Gasteiger partial charge in [-0.25, -0.2) is 0 Å². The van der Waals surface area contributed by atoms with Crippen molar-refractivity contribution in [3.05, 3.63) is 231 Å². The molecule has 12 rings (SSSR count). The molecule has 1 aliphatic rings. The molecule has 0 spiro atoms. The summed E-state index contributed by atoms with van der Waals surface area (Å²) in [7, 11) is 0. The minimum absolute atomic E-state index is 0.795. The molecule has 0 aliphatic carbocycles. The van der Waals surface area contributed by atoms with Crippen LogP contribution in [0, 0.1) is 0 Å². The summed E-state index contributed by atoms with van der Waals surface area (Å²) >= 11 is 0. The van der Waals surface area contributed by atoms with Crippen LogP contribution in [-0.2, 0) is 0 Å². The third-order valence-corrected chi connectivity index (χ3v) is 12.1. The Morgan fingerprint density at radius 2 is 0.855 bits per heavy atom. The number of hydrogen-bond donors (Lipinski definition) is 0. The molecule has 0 unspecified atom stereocenters. The highest BCUT2D eigenvalue weighted by Crippen LogP contribution is 2.53. The van der Waals surface area contributed by atoms with Crippen LogP contribution in [0.2, 0.25) is 0 Å². The second kappa shape index (κ2) is 14.7. The van der Waals surface area contributed by atoms with Crippen molar-refractivity contribution in [3.8, 4) is 44.9 Å². The Morgan fingerprint density at radius 1 is 0.306 bits per heavy atom. The minimum Gasteiger partial charge on any atom is -0.456 e. The summed E-state index contributed by atoms with van der Waals surface area (Å²) in [4.78, 5) is 4.70. The fourth-order valence-corrected chi connectivity index (χ4v) is 9.30. The molecule has 2 heterocycles. The number of fused-ring (bicyclic) bond motifs is 5. The van der Waals surface area contributed by atoms with Crippen molar-refractivity contribution >= 4 is 66.8 Å². The van der Waals surface area contributed by atoms with E-state index in [0.29, 0.717) is 0 Å². The van der Waals surface area contributed by atoms with E-state index in [0.717, 1.165) is 112 Å². The topological polar surface area (TPSA) is 28.9 Å². The van der Waals surface area contributed by atoms with Gasteiger partial charge in [0.2, 0.25) is 0 Å². The van der Waals surface area contributed by atoms with Crippen LogP contribution >= 0.6 is 0 Å². The first-order valence-electron chi connectivity index (χ1n) is 21.0. The standard InChI is InChI=1S/C58H38N2O2/c1-4-18-39(19-5-1)43-24-10-13-29-50(43)59(41-22-8-3-9-23-41)52-37-36-47-46-35-34-42(38-56(46)61-55-33-17-28-49(52)57(47)55)60(51-30-14-11-25-44(51)40-20-6-2-7-21-40)53-31-16-27-48-45-26-12-15-32-54(45)62-58(48)53/h1-38H. The number of nitrogens with zero attached hydrogens (tertiary/aromatic N) is 2. The number of ether oxygens (including phenoxy) is 1. The monoisotopic (exact) mass is 794 g/mol. The highest BCUT2D eigenvalue weighted by Gasteiger charge is 2.28. The predicted octanol–water partition coefficient (Wildman–Crippen LogP) is 16.8. The van der Waals surface area contributed by atoms with Gasteiger partial charge in [-0.15, -0.1) is 0 Å². The number of hydrogen-bond acceptors (Lipinski definition) is 4. The molecule has 11 aromatic rings. The van der Waals surface area contributed by atoms with Crippen molar-refractivity contribution in [2.24, 2.45) is 0 Å². The Morgan fingerprint density at radius 3 is 1.58 bits per heavy atom. The number of anilines is 6. The maximum Gasteiger partial charge on any atom is 0.159 e. The zero-order chi connectivity index (χ0) is 41.0. The van der Waals surface area contributed by atoms with Crippen molar-refractivity contribution in [2.45, 2.75) is 0 Å². The Labute approximate surface area is 359 Å². The van der Waals surface area contributed by atoms with Gasteiger partial charge in [0.05, 0.1) is 28.4 Å². The van der Waals surface area contributed by atoms with Crippen LogP contribution in [0.25, 0.3) is 66.1 Å². The minimum atomic E-state index is 0.795. The molecule has 0 fully saturated rings. The smallest absolute Gasteiger partial charge is 0.159 e. The average Bonchev–Trinajstić information content (AvgIpc) is 3.73. The molecule has 292 valence electrons. The first-order valence-corrected chi connectivity index (χ1v) is 21.0. The fourth-order valence-electron chi connectivity index (χ4n) is 9.30. The van der Waals surface area contributed by atoms with Crippen molar-refractivity contribution in [3.63, 3.8) is 0 Å². The van der Waals surface area contributed by atoms with E-state index in [4.69, 9.17) is 9.15 Å². The van der Waals surface area contributed by atoms with Crippen molar-refractivity contribution in [2.75, 3.05) is 9.80 Å². The molecule has 4 heteroatoms. The van der Waals surface area contributed by atoms with E-state index in [2.05, 4.69) is 228 Å². The number of furan rings is 1. The fraction of sp³-hybridized carbons (Fsp3) is 0. The maximum atomic E-state index is 7.03. The molecule has 4 nitrogen and oxygen atoms in total. The predicted molar refractivity (Wildman–Crippen MR) is 257 cm³/mol. The Hall–Kier alpha value is -8.34. The molecule has 0 saturated heterocycles. The Kier molecular flexibility index (Phi) is 8.46. The van der Waals surface area contributed by atoms with Gasteiger partial charge in [-0.2, -0.15) is 0 Å². The van der Waals surface area contributed by atoms with Gasteiger partial charge >= 0.3 is 0 Å². The van der Waals surface area contributed by atoms with Crippen molar-refractivity contribution in [1.82, 2.24) is 0 Å². The lowest BCUT2D eigenvalue weighted by molar-refractivity contribution is 0.487. The van der Waals surface area contributed by atoms with E-state index >= 15 is 0 Å². The molecule has 1 aliphatic heterocycles. The van der Waals surface area contributed by atoms with Gasteiger partial charge in [0.1, 0.15) is 17.1 Å². The molecule has 10 aromatic carbocycles. The number of para-hydroxylation sites is 5. The summed E-state index contributed by atoms with van der Waals surface area (Å²) in [5.41, 5.74) is 14.6. The lowest BCUT2D eigenvalue weighted by atomic mass is 9.92.